The van der Waals surface area contributed by atoms with Gasteiger partial charge in [0.1, 0.15) is 0 Å². The minimum atomic E-state index is -2.85. The molecule has 0 radical (unpaired) electrons. The maximum Gasteiger partial charge on any atom is 0.267 e. The Labute approximate surface area is 73.6 Å². The first-order valence-electron chi connectivity index (χ1n) is 3.70. The van der Waals surface area contributed by atoms with Gasteiger partial charge in [0.05, 0.1) is 11.3 Å². The summed E-state index contributed by atoms with van der Waals surface area (Å²) < 4.78 is 37.8. The lowest BCUT2D eigenvalue weighted by atomic mass is 10.1. The Kier molecular flexibility index (Phi) is 2.87. The summed E-state index contributed by atoms with van der Waals surface area (Å²) in [5.41, 5.74) is 4.56. The van der Waals surface area contributed by atoms with Crippen molar-refractivity contribution in [1.82, 2.24) is 4.98 Å². The molecule has 1 aromatic rings. The zero-order valence-electron chi connectivity index (χ0n) is 7.02. The molecule has 0 saturated carbocycles. The second-order valence-corrected chi connectivity index (χ2v) is 2.60. The van der Waals surface area contributed by atoms with Gasteiger partial charge in [-0.1, -0.05) is 0 Å². The van der Waals surface area contributed by atoms with Crippen molar-refractivity contribution in [3.05, 3.63) is 28.8 Å². The fourth-order valence-corrected chi connectivity index (χ4v) is 1.04. The van der Waals surface area contributed by atoms with Gasteiger partial charge in [-0.05, 0) is 12.5 Å². The summed E-state index contributed by atoms with van der Waals surface area (Å²) in [6, 6.07) is 0. The van der Waals surface area contributed by atoms with Gasteiger partial charge in [0, 0.05) is 12.7 Å². The van der Waals surface area contributed by atoms with Crippen molar-refractivity contribution in [2.24, 2.45) is 5.73 Å². The Bertz CT molecular complexity index is 313. The topological polar surface area (TPSA) is 38.9 Å². The molecule has 0 aliphatic carbocycles. The van der Waals surface area contributed by atoms with Crippen molar-refractivity contribution in [2.45, 2.75) is 19.9 Å². The van der Waals surface area contributed by atoms with Crippen LogP contribution < -0.4 is 5.73 Å². The van der Waals surface area contributed by atoms with Gasteiger partial charge in [0.2, 0.25) is 0 Å². The maximum absolute atomic E-state index is 13.1. The van der Waals surface area contributed by atoms with Gasteiger partial charge in [-0.3, -0.25) is 4.98 Å². The van der Waals surface area contributed by atoms with Crippen LogP contribution in [0.15, 0.2) is 6.20 Å². The fraction of sp³-hybridized carbons (Fsp3) is 0.375. The molecule has 0 aliphatic rings. The molecule has 13 heavy (non-hydrogen) atoms. The molecule has 0 atom stereocenters. The Morgan fingerprint density at radius 1 is 1.54 bits per heavy atom. The number of hydrogen-bond donors (Lipinski definition) is 1. The van der Waals surface area contributed by atoms with E-state index in [1.165, 1.54) is 13.1 Å². The molecule has 0 fully saturated rings. The molecular formula is C8H9F3N2. The monoisotopic (exact) mass is 190 g/mol. The smallest absolute Gasteiger partial charge is 0.267 e. The lowest BCUT2D eigenvalue weighted by Crippen LogP contribution is -2.07. The number of nitrogens with two attached hydrogens (primary N) is 1. The van der Waals surface area contributed by atoms with Gasteiger partial charge in [-0.15, -0.1) is 0 Å². The van der Waals surface area contributed by atoms with Crippen LogP contribution in [0.3, 0.4) is 0 Å². The van der Waals surface area contributed by atoms with Crippen molar-refractivity contribution in [3.8, 4) is 0 Å². The highest BCUT2D eigenvalue weighted by molar-refractivity contribution is 5.29. The van der Waals surface area contributed by atoms with Crippen molar-refractivity contribution in [2.75, 3.05) is 0 Å². The van der Waals surface area contributed by atoms with Crippen molar-refractivity contribution >= 4 is 0 Å². The Balaban J connectivity index is 3.32. The predicted molar refractivity (Wildman–Crippen MR) is 41.8 cm³/mol. The Hall–Kier alpha value is -1.10. The minimum Gasteiger partial charge on any atom is -0.326 e. The SMILES string of the molecule is Cc1ncc(CN)c(C(F)F)c1F. The lowest BCUT2D eigenvalue weighted by molar-refractivity contribution is 0.144. The highest BCUT2D eigenvalue weighted by Crippen LogP contribution is 2.26. The minimum absolute atomic E-state index is 0.0347. The Morgan fingerprint density at radius 3 is 2.62 bits per heavy atom. The van der Waals surface area contributed by atoms with Gasteiger partial charge in [-0.2, -0.15) is 0 Å². The molecule has 72 valence electrons. The summed E-state index contributed by atoms with van der Waals surface area (Å²) in [5.74, 6) is -0.960. The standard InChI is InChI=1S/C8H9F3N2/c1-4-7(9)6(8(10)11)5(2-12)3-13-4/h3,8H,2,12H2,1H3. The van der Waals surface area contributed by atoms with E-state index in [1.54, 1.807) is 0 Å². The highest BCUT2D eigenvalue weighted by atomic mass is 19.3. The number of nitrogens with zero attached hydrogens (tertiary/aromatic N) is 1. The third kappa shape index (κ3) is 1.80. The van der Waals surface area contributed by atoms with Crippen LogP contribution in [0.1, 0.15) is 23.2 Å². The van der Waals surface area contributed by atoms with Crippen molar-refractivity contribution in [3.63, 3.8) is 0 Å². The van der Waals surface area contributed by atoms with E-state index in [0.29, 0.717) is 0 Å². The second-order valence-electron chi connectivity index (χ2n) is 2.60. The van der Waals surface area contributed by atoms with E-state index in [1.807, 2.05) is 0 Å². The molecule has 0 spiro atoms. The summed E-state index contributed by atoms with van der Waals surface area (Å²) in [6.07, 6.45) is -1.67. The van der Waals surface area contributed by atoms with Crippen molar-refractivity contribution in [1.29, 1.82) is 0 Å². The van der Waals surface area contributed by atoms with Crippen LogP contribution in [0.5, 0.6) is 0 Å². The summed E-state index contributed by atoms with van der Waals surface area (Å²) in [6.45, 7) is 1.20. The summed E-state index contributed by atoms with van der Waals surface area (Å²) in [4.78, 5) is 3.60. The first kappa shape index (κ1) is 9.98. The molecule has 0 aromatic carbocycles. The number of alkyl halides is 2. The number of rotatable bonds is 2. The van der Waals surface area contributed by atoms with Gasteiger partial charge in [0.25, 0.3) is 6.43 Å². The maximum atomic E-state index is 13.1. The van der Waals surface area contributed by atoms with Crippen LogP contribution in [0.25, 0.3) is 0 Å². The molecule has 0 amide bonds. The molecule has 0 unspecified atom stereocenters. The predicted octanol–water partition coefficient (Wildman–Crippen LogP) is 1.93. The van der Waals surface area contributed by atoms with Crippen LogP contribution in [-0.2, 0) is 6.54 Å². The number of aryl methyl sites for hydroxylation is 1. The Morgan fingerprint density at radius 2 is 2.15 bits per heavy atom. The van der Waals surface area contributed by atoms with Crippen LogP contribution in [0, 0.1) is 12.7 Å². The highest BCUT2D eigenvalue weighted by Gasteiger charge is 2.19. The molecule has 2 N–H and O–H groups in total. The third-order valence-corrected chi connectivity index (χ3v) is 1.75. The van der Waals surface area contributed by atoms with Crippen LogP contribution in [0.2, 0.25) is 0 Å². The second kappa shape index (κ2) is 3.74. The zero-order chi connectivity index (χ0) is 10.0. The van der Waals surface area contributed by atoms with E-state index in [-0.39, 0.29) is 17.8 Å². The van der Waals surface area contributed by atoms with E-state index < -0.39 is 17.8 Å². The van der Waals surface area contributed by atoms with Crippen molar-refractivity contribution < 1.29 is 13.2 Å². The van der Waals surface area contributed by atoms with Gasteiger partial charge in [-0.25, -0.2) is 13.2 Å². The summed E-state index contributed by atoms with van der Waals surface area (Å²) in [5, 5.41) is 0. The van der Waals surface area contributed by atoms with E-state index in [9.17, 15) is 13.2 Å². The molecule has 1 aromatic heterocycles. The molecule has 1 rings (SSSR count). The largest absolute Gasteiger partial charge is 0.326 e. The number of halogens is 3. The summed E-state index contributed by atoms with van der Waals surface area (Å²) in [7, 11) is 0. The van der Waals surface area contributed by atoms with Crippen LogP contribution in [0.4, 0.5) is 13.2 Å². The van der Waals surface area contributed by atoms with E-state index in [4.69, 9.17) is 5.73 Å². The van der Waals surface area contributed by atoms with Gasteiger partial charge < -0.3 is 5.73 Å². The molecule has 0 saturated heterocycles. The molecule has 5 heteroatoms. The first-order valence-corrected chi connectivity index (χ1v) is 3.70. The number of aromatic nitrogens is 1. The van der Waals surface area contributed by atoms with Gasteiger partial charge in [0.15, 0.2) is 5.82 Å². The molecule has 0 aliphatic heterocycles. The number of hydrogen-bond acceptors (Lipinski definition) is 2. The van der Waals surface area contributed by atoms with E-state index >= 15 is 0 Å². The van der Waals surface area contributed by atoms with Gasteiger partial charge >= 0.3 is 0 Å². The number of pyridine rings is 1. The molecule has 0 bridgehead atoms. The molecular weight excluding hydrogens is 181 g/mol. The molecule has 1 heterocycles. The fourth-order valence-electron chi connectivity index (χ4n) is 1.04. The van der Waals surface area contributed by atoms with Crippen LogP contribution >= 0.6 is 0 Å². The average Bonchev–Trinajstić information content (AvgIpc) is 2.08. The zero-order valence-corrected chi connectivity index (χ0v) is 7.02. The molecule has 2 nitrogen and oxygen atoms in total. The average molecular weight is 190 g/mol. The quantitative estimate of drug-likeness (QED) is 0.773. The summed E-state index contributed by atoms with van der Waals surface area (Å²) >= 11 is 0. The van der Waals surface area contributed by atoms with E-state index in [0.717, 1.165) is 0 Å². The lowest BCUT2D eigenvalue weighted by Gasteiger charge is -2.08. The first-order chi connectivity index (χ1) is 6.07. The van der Waals surface area contributed by atoms with Crippen LogP contribution in [-0.4, -0.2) is 4.98 Å². The normalized spacial score (nSPS) is 10.9. The third-order valence-electron chi connectivity index (χ3n) is 1.75. The van der Waals surface area contributed by atoms with E-state index in [2.05, 4.69) is 4.98 Å².